The van der Waals surface area contributed by atoms with Crippen molar-refractivity contribution in [1.29, 1.82) is 0 Å². The molecule has 1 aliphatic carbocycles. The van der Waals surface area contributed by atoms with Gasteiger partial charge in [-0.15, -0.1) is 0 Å². The zero-order valence-electron chi connectivity index (χ0n) is 20.2. The Hall–Kier alpha value is -3.43. The number of hydrogen-bond donors (Lipinski definition) is 2. The number of fused-ring (bicyclic) bond motifs is 1. The second kappa shape index (κ2) is 10.1. The molecule has 9 heteroatoms. The van der Waals surface area contributed by atoms with Crippen LogP contribution in [0.3, 0.4) is 0 Å². The van der Waals surface area contributed by atoms with Crippen LogP contribution in [0.4, 0.5) is 13.2 Å². The number of alkyl halides is 3. The van der Waals surface area contributed by atoms with Gasteiger partial charge in [-0.05, 0) is 70.3 Å². The zero-order valence-corrected chi connectivity index (χ0v) is 21.0. The fourth-order valence-corrected chi connectivity index (χ4v) is 6.14. The molecule has 2 N–H and O–H groups in total. The van der Waals surface area contributed by atoms with Crippen LogP contribution in [-0.2, 0) is 33.8 Å². The van der Waals surface area contributed by atoms with Crippen molar-refractivity contribution in [3.8, 4) is 11.1 Å². The minimum Gasteiger partial charge on any atom is -0.478 e. The number of rotatable bonds is 7. The van der Waals surface area contributed by atoms with Crippen LogP contribution in [0.25, 0.3) is 17.2 Å². The molecule has 194 valence electrons. The summed E-state index contributed by atoms with van der Waals surface area (Å²) in [7, 11) is -4.49. The van der Waals surface area contributed by atoms with Crippen LogP contribution in [0.1, 0.15) is 47.6 Å². The Morgan fingerprint density at radius 2 is 1.73 bits per heavy atom. The van der Waals surface area contributed by atoms with E-state index in [-0.39, 0.29) is 12.3 Å². The lowest BCUT2D eigenvalue weighted by Crippen LogP contribution is -2.36. The van der Waals surface area contributed by atoms with Gasteiger partial charge < -0.3 is 5.11 Å². The minimum atomic E-state index is -4.88. The maximum absolute atomic E-state index is 14.1. The average Bonchev–Trinajstić information content (AvgIpc) is 3.22. The van der Waals surface area contributed by atoms with E-state index in [4.69, 9.17) is 5.11 Å². The summed E-state index contributed by atoms with van der Waals surface area (Å²) in [6, 6.07) is 15.1. The number of halogens is 3. The van der Waals surface area contributed by atoms with Gasteiger partial charge >= 0.3 is 12.1 Å². The van der Waals surface area contributed by atoms with E-state index in [1.165, 1.54) is 12.1 Å². The molecule has 3 aromatic rings. The second-order valence-electron chi connectivity index (χ2n) is 9.38. The van der Waals surface area contributed by atoms with Crippen molar-refractivity contribution in [2.45, 2.75) is 49.7 Å². The SMILES string of the molecule is CC(C)c1ccccc1-c1ccc(S(=O)(=O)NC2Cc3ccc(C=CC(=O)O)cc3C2)c(C(F)(F)F)c1. The molecule has 0 spiro atoms. The highest BCUT2D eigenvalue weighted by atomic mass is 32.2. The summed E-state index contributed by atoms with van der Waals surface area (Å²) in [4.78, 5) is 9.94. The van der Waals surface area contributed by atoms with Gasteiger partial charge in [0.1, 0.15) is 0 Å². The van der Waals surface area contributed by atoms with Crippen LogP contribution in [0.5, 0.6) is 0 Å². The van der Waals surface area contributed by atoms with Crippen molar-refractivity contribution in [2.75, 3.05) is 0 Å². The zero-order chi connectivity index (χ0) is 27.0. The molecular formula is C28H26F3NO4S. The lowest BCUT2D eigenvalue weighted by atomic mass is 9.92. The van der Waals surface area contributed by atoms with E-state index < -0.39 is 38.7 Å². The Labute approximate surface area is 213 Å². The summed E-state index contributed by atoms with van der Waals surface area (Å²) in [5.74, 6) is -1.02. The van der Waals surface area contributed by atoms with Gasteiger partial charge in [0.25, 0.3) is 0 Å². The molecule has 5 nitrogen and oxygen atoms in total. The van der Waals surface area contributed by atoms with Gasteiger partial charge in [0.15, 0.2) is 0 Å². The Balaban J connectivity index is 1.64. The first-order valence-electron chi connectivity index (χ1n) is 11.7. The van der Waals surface area contributed by atoms with E-state index in [0.717, 1.165) is 34.9 Å². The molecule has 0 bridgehead atoms. The number of carboxylic acid groups (broad SMARTS) is 1. The largest absolute Gasteiger partial charge is 0.478 e. The molecule has 0 fully saturated rings. The summed E-state index contributed by atoms with van der Waals surface area (Å²) in [6.45, 7) is 3.88. The van der Waals surface area contributed by atoms with E-state index in [9.17, 15) is 26.4 Å². The van der Waals surface area contributed by atoms with Crippen LogP contribution in [-0.4, -0.2) is 25.5 Å². The van der Waals surface area contributed by atoms with Crippen molar-refractivity contribution in [1.82, 2.24) is 4.72 Å². The van der Waals surface area contributed by atoms with Crippen molar-refractivity contribution in [3.63, 3.8) is 0 Å². The maximum Gasteiger partial charge on any atom is 0.417 e. The van der Waals surface area contributed by atoms with E-state index in [1.807, 2.05) is 26.0 Å². The molecule has 4 rings (SSSR count). The van der Waals surface area contributed by atoms with E-state index in [2.05, 4.69) is 4.72 Å². The van der Waals surface area contributed by atoms with Crippen LogP contribution >= 0.6 is 0 Å². The predicted octanol–water partition coefficient (Wildman–Crippen LogP) is 6.04. The smallest absolute Gasteiger partial charge is 0.417 e. The topological polar surface area (TPSA) is 83.5 Å². The molecule has 1 aliphatic rings. The Bertz CT molecular complexity index is 1480. The molecular weight excluding hydrogens is 503 g/mol. The number of aliphatic carboxylic acids is 1. The third kappa shape index (κ3) is 5.94. The van der Waals surface area contributed by atoms with Crippen molar-refractivity contribution < 1.29 is 31.5 Å². The monoisotopic (exact) mass is 529 g/mol. The molecule has 0 heterocycles. The fourth-order valence-electron chi connectivity index (χ4n) is 4.69. The predicted molar refractivity (Wildman–Crippen MR) is 136 cm³/mol. The van der Waals surface area contributed by atoms with E-state index in [0.29, 0.717) is 23.1 Å². The highest BCUT2D eigenvalue weighted by Crippen LogP contribution is 2.39. The van der Waals surface area contributed by atoms with Crippen molar-refractivity contribution >= 4 is 22.1 Å². The Morgan fingerprint density at radius 3 is 2.41 bits per heavy atom. The number of nitrogens with one attached hydrogen (secondary N) is 1. The fraction of sp³-hybridized carbons (Fsp3) is 0.250. The van der Waals surface area contributed by atoms with E-state index in [1.54, 1.807) is 30.3 Å². The first-order chi connectivity index (χ1) is 17.3. The molecule has 3 aromatic carbocycles. The van der Waals surface area contributed by atoms with Gasteiger partial charge in [-0.2, -0.15) is 13.2 Å². The van der Waals surface area contributed by atoms with Crippen LogP contribution < -0.4 is 4.72 Å². The summed E-state index contributed by atoms with van der Waals surface area (Å²) in [6.07, 6.45) is -1.85. The van der Waals surface area contributed by atoms with Gasteiger partial charge in [-0.3, -0.25) is 0 Å². The third-order valence-electron chi connectivity index (χ3n) is 6.37. The van der Waals surface area contributed by atoms with Gasteiger partial charge in [0.2, 0.25) is 10.0 Å². The third-order valence-corrected chi connectivity index (χ3v) is 7.95. The normalized spacial score (nSPS) is 15.9. The minimum absolute atomic E-state index is 0.0692. The van der Waals surface area contributed by atoms with Gasteiger partial charge in [0, 0.05) is 12.1 Å². The van der Waals surface area contributed by atoms with E-state index >= 15 is 0 Å². The quantitative estimate of drug-likeness (QED) is 0.366. The lowest BCUT2D eigenvalue weighted by molar-refractivity contribution is -0.139. The molecule has 0 saturated heterocycles. The summed E-state index contributed by atoms with van der Waals surface area (Å²) < 4.78 is 71.1. The van der Waals surface area contributed by atoms with Gasteiger partial charge in [-0.1, -0.05) is 62.4 Å². The Morgan fingerprint density at radius 1 is 1.03 bits per heavy atom. The summed E-state index contributed by atoms with van der Waals surface area (Å²) in [5, 5.41) is 8.80. The second-order valence-corrected chi connectivity index (χ2v) is 11.1. The highest BCUT2D eigenvalue weighted by Gasteiger charge is 2.38. The summed E-state index contributed by atoms with van der Waals surface area (Å²) in [5.41, 5.74) is 2.89. The van der Waals surface area contributed by atoms with Crippen LogP contribution in [0, 0.1) is 0 Å². The molecule has 1 atom stereocenters. The maximum atomic E-state index is 14.1. The van der Waals surface area contributed by atoms with Crippen molar-refractivity contribution in [2.24, 2.45) is 0 Å². The number of benzene rings is 3. The van der Waals surface area contributed by atoms with Crippen LogP contribution in [0.15, 0.2) is 71.6 Å². The van der Waals surface area contributed by atoms with Crippen LogP contribution in [0.2, 0.25) is 0 Å². The lowest BCUT2D eigenvalue weighted by Gasteiger charge is -2.19. The first kappa shape index (κ1) is 26.6. The molecule has 0 aromatic heterocycles. The van der Waals surface area contributed by atoms with Gasteiger partial charge in [0.05, 0.1) is 10.5 Å². The average molecular weight is 530 g/mol. The molecule has 0 saturated carbocycles. The molecule has 1 unspecified atom stereocenters. The molecule has 0 aliphatic heterocycles. The molecule has 0 amide bonds. The first-order valence-corrected chi connectivity index (χ1v) is 13.2. The van der Waals surface area contributed by atoms with Crippen molar-refractivity contribution in [3.05, 3.63) is 94.6 Å². The molecule has 0 radical (unpaired) electrons. The number of hydrogen-bond acceptors (Lipinski definition) is 3. The standard InChI is InChI=1S/C28H26F3NO4S/c1-17(2)23-5-3-4-6-24(23)20-10-11-26(25(16-20)28(29,30)31)37(35,36)32-22-14-19-9-7-18(8-12-27(33)34)13-21(19)15-22/h3-13,16-17,22,32H,14-15H2,1-2H3,(H,33,34). The van der Waals surface area contributed by atoms with Gasteiger partial charge in [-0.25, -0.2) is 17.9 Å². The number of sulfonamides is 1. The number of carboxylic acids is 1. The summed E-state index contributed by atoms with van der Waals surface area (Å²) >= 11 is 0. The molecule has 37 heavy (non-hydrogen) atoms. The highest BCUT2D eigenvalue weighted by molar-refractivity contribution is 7.89. The number of carbonyl (C=O) groups is 1. The Kier molecular flexibility index (Phi) is 7.30.